The molecule has 82 valence electrons. The molecule has 2 aromatic heterocycles. The number of hydrogen-bond donors (Lipinski definition) is 2. The number of amidine groups is 1. The number of nitrogens with two attached hydrogens (primary N) is 1. The first kappa shape index (κ1) is 10.8. The van der Waals surface area contributed by atoms with Crippen LogP contribution >= 0.6 is 15.9 Å². The summed E-state index contributed by atoms with van der Waals surface area (Å²) in [4.78, 5) is 4.34. The van der Waals surface area contributed by atoms with E-state index < -0.39 is 0 Å². The molecule has 0 saturated heterocycles. The average Bonchev–Trinajstić information content (AvgIpc) is 2.64. The highest BCUT2D eigenvalue weighted by Gasteiger charge is 2.10. The lowest BCUT2D eigenvalue weighted by Gasteiger charge is -2.07. The van der Waals surface area contributed by atoms with E-state index in [0.29, 0.717) is 11.4 Å². The number of nitrogens with zero attached hydrogens (tertiary/aromatic N) is 3. The van der Waals surface area contributed by atoms with Crippen LogP contribution in [0.4, 0.5) is 0 Å². The van der Waals surface area contributed by atoms with Crippen molar-refractivity contribution in [2.24, 2.45) is 5.73 Å². The lowest BCUT2D eigenvalue weighted by Crippen LogP contribution is -2.16. The predicted octanol–water partition coefficient (Wildman–Crippen LogP) is 1.62. The Labute approximate surface area is 101 Å². The summed E-state index contributed by atoms with van der Waals surface area (Å²) >= 11 is 3.31. The summed E-state index contributed by atoms with van der Waals surface area (Å²) in [5.41, 5.74) is 6.92. The van der Waals surface area contributed by atoms with Crippen molar-refractivity contribution in [2.45, 2.75) is 6.92 Å². The van der Waals surface area contributed by atoms with Gasteiger partial charge in [-0.25, -0.2) is 9.67 Å². The van der Waals surface area contributed by atoms with E-state index in [2.05, 4.69) is 26.0 Å². The van der Waals surface area contributed by atoms with Crippen LogP contribution in [-0.4, -0.2) is 20.6 Å². The molecule has 0 saturated carbocycles. The van der Waals surface area contributed by atoms with E-state index in [9.17, 15) is 0 Å². The van der Waals surface area contributed by atoms with Crippen molar-refractivity contribution in [3.63, 3.8) is 0 Å². The van der Waals surface area contributed by atoms with Gasteiger partial charge in [-0.05, 0) is 35.0 Å². The van der Waals surface area contributed by atoms with Gasteiger partial charge >= 0.3 is 0 Å². The third kappa shape index (κ3) is 1.96. The fraction of sp³-hybridized carbons (Fsp3) is 0.100. The van der Waals surface area contributed by atoms with Gasteiger partial charge in [-0.1, -0.05) is 0 Å². The molecule has 3 N–H and O–H groups in total. The van der Waals surface area contributed by atoms with Crippen LogP contribution in [-0.2, 0) is 0 Å². The zero-order valence-electron chi connectivity index (χ0n) is 8.61. The zero-order valence-corrected chi connectivity index (χ0v) is 10.2. The van der Waals surface area contributed by atoms with Crippen molar-refractivity contribution in [1.29, 1.82) is 5.41 Å². The van der Waals surface area contributed by atoms with E-state index in [4.69, 9.17) is 11.1 Å². The normalized spacial score (nSPS) is 10.4. The number of halogens is 1. The Kier molecular flexibility index (Phi) is 2.74. The largest absolute Gasteiger partial charge is 0.384 e. The van der Waals surface area contributed by atoms with Gasteiger partial charge in [-0.15, -0.1) is 0 Å². The second-order valence-corrected chi connectivity index (χ2v) is 4.26. The van der Waals surface area contributed by atoms with Crippen molar-refractivity contribution in [1.82, 2.24) is 14.8 Å². The van der Waals surface area contributed by atoms with E-state index in [1.807, 2.05) is 13.0 Å². The molecule has 0 bridgehead atoms. The summed E-state index contributed by atoms with van der Waals surface area (Å²) in [6, 6.07) is 3.59. The maximum absolute atomic E-state index is 7.49. The lowest BCUT2D eigenvalue weighted by molar-refractivity contribution is 0.837. The lowest BCUT2D eigenvalue weighted by atomic mass is 10.2. The third-order valence-corrected chi connectivity index (χ3v) is 2.48. The molecule has 0 spiro atoms. The van der Waals surface area contributed by atoms with Gasteiger partial charge in [-0.2, -0.15) is 5.10 Å². The van der Waals surface area contributed by atoms with Crippen LogP contribution in [0.3, 0.4) is 0 Å². The third-order valence-electron chi connectivity index (χ3n) is 2.07. The first-order valence-corrected chi connectivity index (χ1v) is 5.40. The average molecular weight is 280 g/mol. The molecule has 0 aliphatic rings. The zero-order chi connectivity index (χ0) is 11.7. The quantitative estimate of drug-likeness (QED) is 0.648. The van der Waals surface area contributed by atoms with Gasteiger partial charge in [0.1, 0.15) is 5.84 Å². The topological polar surface area (TPSA) is 80.6 Å². The van der Waals surface area contributed by atoms with Gasteiger partial charge in [0.05, 0.1) is 16.2 Å². The highest BCUT2D eigenvalue weighted by molar-refractivity contribution is 9.10. The molecule has 2 aromatic rings. The summed E-state index contributed by atoms with van der Waals surface area (Å²) in [6.45, 7) is 1.88. The highest BCUT2D eigenvalue weighted by Crippen LogP contribution is 2.15. The van der Waals surface area contributed by atoms with Gasteiger partial charge in [0.15, 0.2) is 5.82 Å². The summed E-state index contributed by atoms with van der Waals surface area (Å²) in [6.07, 6.45) is 3.43. The molecule has 2 heterocycles. The van der Waals surface area contributed by atoms with Crippen LogP contribution in [0.1, 0.15) is 11.3 Å². The molecule has 0 aromatic carbocycles. The smallest absolute Gasteiger partial charge is 0.164 e. The number of rotatable bonds is 2. The van der Waals surface area contributed by atoms with E-state index in [1.54, 1.807) is 23.1 Å². The first-order valence-electron chi connectivity index (χ1n) is 4.60. The summed E-state index contributed by atoms with van der Waals surface area (Å²) in [5, 5.41) is 11.6. The number of pyridine rings is 1. The van der Waals surface area contributed by atoms with Crippen LogP contribution in [0.5, 0.6) is 0 Å². The SMILES string of the molecule is Cc1ccc(C(=N)N)c(-n2cc(Br)cn2)n1. The van der Waals surface area contributed by atoms with Gasteiger partial charge in [0.2, 0.25) is 0 Å². The van der Waals surface area contributed by atoms with Crippen molar-refractivity contribution in [2.75, 3.05) is 0 Å². The summed E-state index contributed by atoms with van der Waals surface area (Å²) in [5.74, 6) is 0.548. The van der Waals surface area contributed by atoms with Gasteiger partial charge in [-0.3, -0.25) is 5.41 Å². The Morgan fingerprint density at radius 2 is 2.25 bits per heavy atom. The number of aryl methyl sites for hydroxylation is 1. The molecule has 16 heavy (non-hydrogen) atoms. The predicted molar refractivity (Wildman–Crippen MR) is 64.8 cm³/mol. The minimum Gasteiger partial charge on any atom is -0.384 e. The molecule has 0 aliphatic carbocycles. The molecule has 2 rings (SSSR count). The minimum atomic E-state index is -0.0193. The Balaban J connectivity index is 2.62. The number of nitrogens with one attached hydrogen (secondary N) is 1. The molecule has 0 fully saturated rings. The number of nitrogen functional groups attached to an aromatic ring is 1. The fourth-order valence-electron chi connectivity index (χ4n) is 1.34. The van der Waals surface area contributed by atoms with Crippen molar-refractivity contribution < 1.29 is 0 Å². The van der Waals surface area contributed by atoms with Crippen molar-refractivity contribution in [3.05, 3.63) is 40.3 Å². The van der Waals surface area contributed by atoms with Crippen molar-refractivity contribution in [3.8, 4) is 5.82 Å². The molecular weight excluding hydrogens is 270 g/mol. The van der Waals surface area contributed by atoms with Crippen LogP contribution in [0.2, 0.25) is 0 Å². The molecule has 6 heteroatoms. The molecule has 0 unspecified atom stereocenters. The Hall–Kier alpha value is -1.69. The van der Waals surface area contributed by atoms with Gasteiger partial charge in [0.25, 0.3) is 0 Å². The van der Waals surface area contributed by atoms with E-state index in [1.165, 1.54) is 0 Å². The summed E-state index contributed by atoms with van der Waals surface area (Å²) < 4.78 is 2.44. The highest BCUT2D eigenvalue weighted by atomic mass is 79.9. The second-order valence-electron chi connectivity index (χ2n) is 3.34. The van der Waals surface area contributed by atoms with E-state index in [0.717, 1.165) is 10.2 Å². The maximum atomic E-state index is 7.49. The van der Waals surface area contributed by atoms with Crippen LogP contribution < -0.4 is 5.73 Å². The molecule has 0 aliphatic heterocycles. The molecule has 0 radical (unpaired) electrons. The molecule has 5 nitrogen and oxygen atoms in total. The maximum Gasteiger partial charge on any atom is 0.164 e. The molecular formula is C10H10BrN5. The Bertz CT molecular complexity index is 546. The molecule has 0 amide bonds. The van der Waals surface area contributed by atoms with E-state index in [-0.39, 0.29) is 5.84 Å². The standard InChI is InChI=1S/C10H10BrN5/c1-6-2-3-8(9(12)13)10(15-6)16-5-7(11)4-14-16/h2-5H,1H3,(H3,12,13). The van der Waals surface area contributed by atoms with Crippen LogP contribution in [0.15, 0.2) is 29.0 Å². The van der Waals surface area contributed by atoms with Crippen molar-refractivity contribution >= 4 is 21.8 Å². The first-order chi connectivity index (χ1) is 7.58. The van der Waals surface area contributed by atoms with Gasteiger partial charge < -0.3 is 5.73 Å². The Morgan fingerprint density at radius 3 is 2.81 bits per heavy atom. The van der Waals surface area contributed by atoms with Crippen LogP contribution in [0.25, 0.3) is 5.82 Å². The number of hydrogen-bond acceptors (Lipinski definition) is 3. The number of aromatic nitrogens is 3. The summed E-state index contributed by atoms with van der Waals surface area (Å²) in [7, 11) is 0. The minimum absolute atomic E-state index is 0.0193. The monoisotopic (exact) mass is 279 g/mol. The second kappa shape index (κ2) is 4.05. The molecule has 0 atom stereocenters. The van der Waals surface area contributed by atoms with E-state index >= 15 is 0 Å². The Morgan fingerprint density at radius 1 is 1.50 bits per heavy atom. The van der Waals surface area contributed by atoms with Gasteiger partial charge in [0, 0.05) is 11.9 Å². The van der Waals surface area contributed by atoms with Crippen LogP contribution in [0, 0.1) is 12.3 Å². The fourth-order valence-corrected chi connectivity index (χ4v) is 1.63.